The maximum atomic E-state index is 13.2. The van der Waals surface area contributed by atoms with E-state index in [9.17, 15) is 10.1 Å². The first-order valence-corrected chi connectivity index (χ1v) is 10.7. The van der Waals surface area contributed by atoms with Gasteiger partial charge in [-0.3, -0.25) is 9.78 Å². The summed E-state index contributed by atoms with van der Waals surface area (Å²) in [7, 11) is 0. The summed E-state index contributed by atoms with van der Waals surface area (Å²) in [4.78, 5) is 32.0. The van der Waals surface area contributed by atoms with Gasteiger partial charge in [0.25, 0.3) is 5.89 Å². The first-order valence-electron chi connectivity index (χ1n) is 10.7. The highest BCUT2D eigenvalue weighted by Crippen LogP contribution is 2.29. The lowest BCUT2D eigenvalue weighted by Gasteiger charge is -2.39. The molecule has 1 unspecified atom stereocenters. The van der Waals surface area contributed by atoms with Crippen molar-refractivity contribution in [2.45, 2.75) is 12.8 Å². The van der Waals surface area contributed by atoms with Crippen LogP contribution in [0.15, 0.2) is 45.8 Å². The van der Waals surface area contributed by atoms with E-state index in [1.54, 1.807) is 30.7 Å². The van der Waals surface area contributed by atoms with Gasteiger partial charge in [0.05, 0.1) is 18.4 Å². The standard InChI is InChI=1S/C22H23N7O3/c23-13-17-22(32-20(26-17)18-4-2-12-31-18)28-10-8-27(9-11-28)21(30)16-3-1-7-29(15-16)19-14-24-5-6-25-19/h2,4-6,12,14,16H,1,3,7-11,15H2. The zero-order chi connectivity index (χ0) is 21.9. The van der Waals surface area contributed by atoms with Crippen molar-refractivity contribution in [1.29, 1.82) is 5.26 Å². The smallest absolute Gasteiger partial charge is 0.266 e. The molecule has 2 fully saturated rings. The van der Waals surface area contributed by atoms with Crippen molar-refractivity contribution in [3.63, 3.8) is 0 Å². The van der Waals surface area contributed by atoms with Crippen molar-refractivity contribution in [3.8, 4) is 17.7 Å². The number of furan rings is 1. The minimum Gasteiger partial charge on any atom is -0.459 e. The fraction of sp³-hybridized carbons (Fsp3) is 0.409. The second-order valence-corrected chi connectivity index (χ2v) is 7.92. The Bertz CT molecular complexity index is 1100. The molecule has 5 rings (SSSR count). The third-order valence-electron chi connectivity index (χ3n) is 5.97. The van der Waals surface area contributed by atoms with Gasteiger partial charge in [-0.25, -0.2) is 4.98 Å². The van der Waals surface area contributed by atoms with Crippen molar-refractivity contribution in [2.24, 2.45) is 5.92 Å². The van der Waals surface area contributed by atoms with Crippen molar-refractivity contribution >= 4 is 17.6 Å². The van der Waals surface area contributed by atoms with E-state index in [1.807, 2.05) is 9.80 Å². The first kappa shape index (κ1) is 20.1. The molecule has 0 saturated carbocycles. The number of piperazine rings is 1. The Hall–Kier alpha value is -3.87. The zero-order valence-corrected chi connectivity index (χ0v) is 17.6. The molecule has 10 heteroatoms. The van der Waals surface area contributed by atoms with Crippen LogP contribution in [-0.4, -0.2) is 65.0 Å². The molecule has 2 saturated heterocycles. The SMILES string of the molecule is N#Cc1nc(-c2ccco2)oc1N1CCN(C(=O)C2CCCN(c3cnccn3)C2)CC1. The molecular weight excluding hydrogens is 410 g/mol. The zero-order valence-electron chi connectivity index (χ0n) is 17.6. The molecular formula is C22H23N7O3. The number of nitrogens with zero attached hydrogens (tertiary/aromatic N) is 7. The van der Waals surface area contributed by atoms with Gasteiger partial charge in [-0.1, -0.05) is 0 Å². The average Bonchev–Trinajstić information content (AvgIpc) is 3.54. The summed E-state index contributed by atoms with van der Waals surface area (Å²) in [5.41, 5.74) is 0.225. The topological polar surface area (TPSA) is 116 Å². The molecule has 3 aromatic heterocycles. The van der Waals surface area contributed by atoms with Crippen LogP contribution in [-0.2, 0) is 4.79 Å². The number of carbonyl (C=O) groups is 1. The molecule has 1 atom stereocenters. The highest BCUT2D eigenvalue weighted by molar-refractivity contribution is 5.80. The van der Waals surface area contributed by atoms with Gasteiger partial charge in [-0.15, -0.1) is 0 Å². The Balaban J connectivity index is 1.22. The Labute approximate surface area is 185 Å². The van der Waals surface area contributed by atoms with Crippen LogP contribution in [0, 0.1) is 17.2 Å². The predicted octanol–water partition coefficient (Wildman–Crippen LogP) is 2.16. The molecule has 5 heterocycles. The van der Waals surface area contributed by atoms with E-state index in [-0.39, 0.29) is 23.4 Å². The van der Waals surface area contributed by atoms with Crippen molar-refractivity contribution < 1.29 is 13.6 Å². The number of piperidine rings is 1. The number of rotatable bonds is 4. The molecule has 0 aromatic carbocycles. The van der Waals surface area contributed by atoms with Gasteiger partial charge in [0, 0.05) is 51.7 Å². The molecule has 3 aromatic rings. The third-order valence-corrected chi connectivity index (χ3v) is 5.97. The molecule has 164 valence electrons. The summed E-state index contributed by atoms with van der Waals surface area (Å²) in [6.07, 6.45) is 8.43. The molecule has 2 aliphatic rings. The van der Waals surface area contributed by atoms with Gasteiger partial charge in [0.1, 0.15) is 11.9 Å². The van der Waals surface area contributed by atoms with Crippen LogP contribution >= 0.6 is 0 Å². The molecule has 32 heavy (non-hydrogen) atoms. The summed E-state index contributed by atoms with van der Waals surface area (Å²) in [5.74, 6) is 2.13. The molecule has 1 amide bonds. The number of anilines is 2. The van der Waals surface area contributed by atoms with Gasteiger partial charge in [-0.2, -0.15) is 10.2 Å². The molecule has 10 nitrogen and oxygen atoms in total. The Kier molecular flexibility index (Phi) is 5.46. The highest BCUT2D eigenvalue weighted by Gasteiger charge is 2.33. The monoisotopic (exact) mass is 433 g/mol. The summed E-state index contributed by atoms with van der Waals surface area (Å²) in [5, 5.41) is 9.48. The minimum absolute atomic E-state index is 0.0530. The van der Waals surface area contributed by atoms with E-state index in [0.717, 1.165) is 25.2 Å². The highest BCUT2D eigenvalue weighted by atomic mass is 16.4. The average molecular weight is 433 g/mol. The molecule has 0 bridgehead atoms. The quantitative estimate of drug-likeness (QED) is 0.610. The number of hydrogen-bond acceptors (Lipinski definition) is 9. The fourth-order valence-corrected chi connectivity index (χ4v) is 4.33. The van der Waals surface area contributed by atoms with Gasteiger partial charge >= 0.3 is 0 Å². The number of oxazole rings is 1. The molecule has 0 spiro atoms. The van der Waals surface area contributed by atoms with E-state index >= 15 is 0 Å². The van der Waals surface area contributed by atoms with Crippen LogP contribution in [0.2, 0.25) is 0 Å². The van der Waals surface area contributed by atoms with Crippen LogP contribution in [0.3, 0.4) is 0 Å². The summed E-state index contributed by atoms with van der Waals surface area (Å²) in [6, 6.07) is 5.58. The lowest BCUT2D eigenvalue weighted by molar-refractivity contribution is -0.136. The van der Waals surface area contributed by atoms with E-state index in [2.05, 4.69) is 25.9 Å². The van der Waals surface area contributed by atoms with Crippen molar-refractivity contribution in [2.75, 3.05) is 49.1 Å². The van der Waals surface area contributed by atoms with Crippen LogP contribution in [0.4, 0.5) is 11.7 Å². The Morgan fingerprint density at radius 3 is 2.75 bits per heavy atom. The minimum atomic E-state index is -0.0530. The summed E-state index contributed by atoms with van der Waals surface area (Å²) in [6.45, 7) is 3.84. The number of nitriles is 1. The normalized spacial score (nSPS) is 19.1. The van der Waals surface area contributed by atoms with E-state index in [0.29, 0.717) is 44.4 Å². The number of hydrogen-bond donors (Lipinski definition) is 0. The second kappa shape index (κ2) is 8.70. The van der Waals surface area contributed by atoms with Gasteiger partial charge in [-0.05, 0) is 25.0 Å². The maximum Gasteiger partial charge on any atom is 0.266 e. The Morgan fingerprint density at radius 2 is 2.03 bits per heavy atom. The second-order valence-electron chi connectivity index (χ2n) is 7.92. The first-order chi connectivity index (χ1) is 15.7. The maximum absolute atomic E-state index is 13.2. The largest absolute Gasteiger partial charge is 0.459 e. The predicted molar refractivity (Wildman–Crippen MR) is 115 cm³/mol. The van der Waals surface area contributed by atoms with Gasteiger partial charge in [0.2, 0.25) is 17.5 Å². The molecule has 0 aliphatic carbocycles. The lowest BCUT2D eigenvalue weighted by atomic mass is 9.96. The van der Waals surface area contributed by atoms with Crippen molar-refractivity contribution in [3.05, 3.63) is 42.7 Å². The van der Waals surface area contributed by atoms with Crippen LogP contribution in [0.5, 0.6) is 0 Å². The number of aromatic nitrogens is 3. The molecule has 0 N–H and O–H groups in total. The van der Waals surface area contributed by atoms with Crippen molar-refractivity contribution in [1.82, 2.24) is 19.9 Å². The lowest BCUT2D eigenvalue weighted by Crippen LogP contribution is -2.52. The third kappa shape index (κ3) is 3.89. The Morgan fingerprint density at radius 1 is 1.16 bits per heavy atom. The van der Waals surface area contributed by atoms with E-state index in [1.165, 1.54) is 6.26 Å². The fourth-order valence-electron chi connectivity index (χ4n) is 4.33. The summed E-state index contributed by atoms with van der Waals surface area (Å²) >= 11 is 0. The van der Waals surface area contributed by atoms with E-state index in [4.69, 9.17) is 8.83 Å². The van der Waals surface area contributed by atoms with Gasteiger partial charge in [0.15, 0.2) is 5.76 Å². The van der Waals surface area contributed by atoms with Crippen LogP contribution < -0.4 is 9.80 Å². The summed E-state index contributed by atoms with van der Waals surface area (Å²) < 4.78 is 11.2. The molecule has 2 aliphatic heterocycles. The molecule has 0 radical (unpaired) electrons. The number of carbonyl (C=O) groups excluding carboxylic acids is 1. The van der Waals surface area contributed by atoms with E-state index < -0.39 is 0 Å². The number of amides is 1. The van der Waals surface area contributed by atoms with Crippen LogP contribution in [0.1, 0.15) is 18.5 Å². The van der Waals surface area contributed by atoms with Gasteiger partial charge < -0.3 is 23.5 Å². The van der Waals surface area contributed by atoms with Crippen LogP contribution in [0.25, 0.3) is 11.7 Å².